The summed E-state index contributed by atoms with van der Waals surface area (Å²) in [6, 6.07) is 10.8. The monoisotopic (exact) mass is 414 g/mol. The van der Waals surface area contributed by atoms with E-state index in [9.17, 15) is 14.0 Å². The molecule has 0 aliphatic carbocycles. The Morgan fingerprint density at radius 2 is 1.73 bits per heavy atom. The fourth-order valence-corrected chi connectivity index (χ4v) is 2.72. The lowest BCUT2D eigenvalue weighted by Crippen LogP contribution is -2.35. The van der Waals surface area contributed by atoms with E-state index < -0.39 is 0 Å². The van der Waals surface area contributed by atoms with Crippen LogP contribution < -0.4 is 20.1 Å². The van der Waals surface area contributed by atoms with Gasteiger partial charge in [0.05, 0.1) is 20.6 Å². The summed E-state index contributed by atoms with van der Waals surface area (Å²) in [7, 11) is 3.06. The molecule has 0 aliphatic rings. The van der Waals surface area contributed by atoms with Crippen molar-refractivity contribution in [2.75, 3.05) is 20.8 Å². The van der Waals surface area contributed by atoms with Crippen LogP contribution in [-0.2, 0) is 16.0 Å². The van der Waals surface area contributed by atoms with Gasteiger partial charge in [-0.1, -0.05) is 31.5 Å². The number of rotatable bonds is 10. The maximum atomic E-state index is 13.1. The van der Waals surface area contributed by atoms with Crippen LogP contribution in [0, 0.1) is 5.82 Å². The second-order valence-electron chi connectivity index (χ2n) is 6.63. The van der Waals surface area contributed by atoms with Crippen molar-refractivity contribution >= 4 is 17.9 Å². The van der Waals surface area contributed by atoms with Crippen LogP contribution in [0.1, 0.15) is 30.9 Å². The number of methoxy groups -OCH3 is 2. The molecule has 0 heterocycles. The smallest absolute Gasteiger partial charge is 0.267 e. The second kappa shape index (κ2) is 11.6. The van der Waals surface area contributed by atoms with Crippen molar-refractivity contribution in [3.8, 4) is 11.5 Å². The number of halogens is 1. The van der Waals surface area contributed by atoms with Crippen LogP contribution in [0.3, 0.4) is 0 Å². The Morgan fingerprint density at radius 1 is 1.03 bits per heavy atom. The first kappa shape index (κ1) is 22.9. The van der Waals surface area contributed by atoms with Crippen LogP contribution in [0.15, 0.2) is 48.2 Å². The number of hydrogen-bond acceptors (Lipinski definition) is 4. The highest BCUT2D eigenvalue weighted by molar-refractivity contribution is 6.01. The SMILES string of the molecule is CCCCNC(=O)/C(=C\c1ccc(OC)c(OC)c1)NC(=O)Cc1ccc(F)cc1. The first-order chi connectivity index (χ1) is 14.5. The number of unbranched alkanes of at least 4 members (excludes halogenated alkanes) is 1. The second-order valence-corrected chi connectivity index (χ2v) is 6.63. The van der Waals surface area contributed by atoms with Crippen molar-refractivity contribution in [1.29, 1.82) is 0 Å². The lowest BCUT2D eigenvalue weighted by Gasteiger charge is -2.12. The summed E-state index contributed by atoms with van der Waals surface area (Å²) in [4.78, 5) is 25.1. The largest absolute Gasteiger partial charge is 0.493 e. The number of ether oxygens (including phenoxy) is 2. The number of carbonyl (C=O) groups excluding carboxylic acids is 2. The summed E-state index contributed by atoms with van der Waals surface area (Å²) < 4.78 is 23.6. The van der Waals surface area contributed by atoms with E-state index in [0.717, 1.165) is 12.8 Å². The van der Waals surface area contributed by atoms with Gasteiger partial charge in [-0.2, -0.15) is 0 Å². The molecule has 30 heavy (non-hydrogen) atoms. The summed E-state index contributed by atoms with van der Waals surface area (Å²) >= 11 is 0. The van der Waals surface area contributed by atoms with E-state index in [-0.39, 0.29) is 29.7 Å². The van der Waals surface area contributed by atoms with Gasteiger partial charge in [0.25, 0.3) is 5.91 Å². The lowest BCUT2D eigenvalue weighted by molar-refractivity contribution is -0.123. The molecule has 2 N–H and O–H groups in total. The molecule has 0 unspecified atom stereocenters. The van der Waals surface area contributed by atoms with Crippen LogP contribution in [0.25, 0.3) is 6.08 Å². The Balaban J connectivity index is 2.22. The zero-order valence-corrected chi connectivity index (χ0v) is 17.5. The Morgan fingerprint density at radius 3 is 2.37 bits per heavy atom. The molecule has 0 saturated heterocycles. The molecule has 0 saturated carbocycles. The Labute approximate surface area is 176 Å². The van der Waals surface area contributed by atoms with Crippen molar-refractivity contribution in [3.05, 3.63) is 65.1 Å². The molecule has 0 aliphatic heterocycles. The minimum Gasteiger partial charge on any atom is -0.493 e. The summed E-state index contributed by atoms with van der Waals surface area (Å²) in [5.74, 6) is -0.0632. The number of carbonyl (C=O) groups is 2. The molecular weight excluding hydrogens is 387 g/mol. The Bertz CT molecular complexity index is 895. The molecular formula is C23H27FN2O4. The molecule has 2 aromatic rings. The Hall–Kier alpha value is -3.35. The quantitative estimate of drug-likeness (QED) is 0.461. The van der Waals surface area contributed by atoms with Gasteiger partial charge in [0.15, 0.2) is 11.5 Å². The zero-order valence-electron chi connectivity index (χ0n) is 17.5. The molecule has 2 aromatic carbocycles. The number of hydrogen-bond donors (Lipinski definition) is 2. The van der Waals surface area contributed by atoms with E-state index in [1.54, 1.807) is 24.3 Å². The van der Waals surface area contributed by atoms with Gasteiger partial charge in [-0.15, -0.1) is 0 Å². The molecule has 2 rings (SSSR count). The van der Waals surface area contributed by atoms with Crippen LogP contribution in [0.2, 0.25) is 0 Å². The zero-order chi connectivity index (χ0) is 21.9. The molecule has 0 spiro atoms. The molecule has 0 fully saturated rings. The van der Waals surface area contributed by atoms with E-state index in [1.165, 1.54) is 38.5 Å². The molecule has 0 aromatic heterocycles. The average molecular weight is 414 g/mol. The maximum Gasteiger partial charge on any atom is 0.267 e. The van der Waals surface area contributed by atoms with Gasteiger partial charge in [-0.05, 0) is 47.9 Å². The summed E-state index contributed by atoms with van der Waals surface area (Å²) in [6.07, 6.45) is 3.36. The maximum absolute atomic E-state index is 13.1. The minimum atomic E-state index is -0.384. The molecule has 7 heteroatoms. The molecule has 0 radical (unpaired) electrons. The van der Waals surface area contributed by atoms with Gasteiger partial charge in [0, 0.05) is 6.54 Å². The van der Waals surface area contributed by atoms with Gasteiger partial charge in [-0.3, -0.25) is 9.59 Å². The number of nitrogens with one attached hydrogen (secondary N) is 2. The van der Waals surface area contributed by atoms with Crippen LogP contribution >= 0.6 is 0 Å². The average Bonchev–Trinajstić information content (AvgIpc) is 2.74. The highest BCUT2D eigenvalue weighted by Gasteiger charge is 2.14. The van der Waals surface area contributed by atoms with Crippen molar-refractivity contribution in [2.45, 2.75) is 26.2 Å². The highest BCUT2D eigenvalue weighted by Crippen LogP contribution is 2.28. The topological polar surface area (TPSA) is 76.7 Å². The highest BCUT2D eigenvalue weighted by atomic mass is 19.1. The van der Waals surface area contributed by atoms with E-state index >= 15 is 0 Å². The summed E-state index contributed by atoms with van der Waals surface area (Å²) in [5, 5.41) is 5.47. The summed E-state index contributed by atoms with van der Waals surface area (Å²) in [5.41, 5.74) is 1.42. The third kappa shape index (κ3) is 6.92. The fourth-order valence-electron chi connectivity index (χ4n) is 2.72. The standard InChI is InChI=1S/C23H27FN2O4/c1-4-5-12-25-23(28)19(13-17-8-11-20(29-2)21(14-17)30-3)26-22(27)15-16-6-9-18(24)10-7-16/h6-11,13-14H,4-5,12,15H2,1-3H3,(H,25,28)(H,26,27)/b19-13+. The predicted octanol–water partition coefficient (Wildman–Crippen LogP) is 3.46. The van der Waals surface area contributed by atoms with Gasteiger partial charge in [0.1, 0.15) is 11.5 Å². The molecule has 0 atom stereocenters. The molecule has 2 amide bonds. The molecule has 160 valence electrons. The van der Waals surface area contributed by atoms with E-state index in [0.29, 0.717) is 29.2 Å². The van der Waals surface area contributed by atoms with E-state index in [2.05, 4.69) is 10.6 Å². The van der Waals surface area contributed by atoms with Gasteiger partial charge < -0.3 is 20.1 Å². The van der Waals surface area contributed by atoms with Crippen LogP contribution in [-0.4, -0.2) is 32.6 Å². The van der Waals surface area contributed by atoms with E-state index in [4.69, 9.17) is 9.47 Å². The first-order valence-electron chi connectivity index (χ1n) is 9.73. The first-order valence-corrected chi connectivity index (χ1v) is 9.73. The minimum absolute atomic E-state index is 0.0196. The van der Waals surface area contributed by atoms with Gasteiger partial charge in [0.2, 0.25) is 5.91 Å². The third-order valence-electron chi connectivity index (χ3n) is 4.33. The normalized spacial score (nSPS) is 11.0. The van der Waals surface area contributed by atoms with Crippen LogP contribution in [0.5, 0.6) is 11.5 Å². The van der Waals surface area contributed by atoms with Crippen molar-refractivity contribution in [1.82, 2.24) is 10.6 Å². The number of amides is 2. The third-order valence-corrected chi connectivity index (χ3v) is 4.33. The van der Waals surface area contributed by atoms with E-state index in [1.807, 2.05) is 6.92 Å². The van der Waals surface area contributed by atoms with Crippen molar-refractivity contribution in [3.63, 3.8) is 0 Å². The molecule has 6 nitrogen and oxygen atoms in total. The fraction of sp³-hybridized carbons (Fsp3) is 0.304. The van der Waals surface area contributed by atoms with Gasteiger partial charge in [-0.25, -0.2) is 4.39 Å². The predicted molar refractivity (Wildman–Crippen MR) is 114 cm³/mol. The number of benzene rings is 2. The Kier molecular flexibility index (Phi) is 8.87. The lowest BCUT2D eigenvalue weighted by atomic mass is 10.1. The van der Waals surface area contributed by atoms with Crippen molar-refractivity contribution in [2.24, 2.45) is 0 Å². The molecule has 0 bridgehead atoms. The van der Waals surface area contributed by atoms with Crippen molar-refractivity contribution < 1.29 is 23.5 Å². The van der Waals surface area contributed by atoms with Gasteiger partial charge >= 0.3 is 0 Å². The summed E-state index contributed by atoms with van der Waals surface area (Å²) in [6.45, 7) is 2.53. The van der Waals surface area contributed by atoms with Crippen LogP contribution in [0.4, 0.5) is 4.39 Å².